The Bertz CT molecular complexity index is 543. The van der Waals surface area contributed by atoms with Crippen molar-refractivity contribution in [3.63, 3.8) is 0 Å². The fourth-order valence-electron chi connectivity index (χ4n) is 1.64. The summed E-state index contributed by atoms with van der Waals surface area (Å²) in [6.45, 7) is 4.30. The van der Waals surface area contributed by atoms with Crippen LogP contribution in [0.4, 0.5) is 0 Å². The number of fused-ring (bicyclic) bond motifs is 1. The summed E-state index contributed by atoms with van der Waals surface area (Å²) < 4.78 is 6.44. The molecule has 2 aromatic rings. The topological polar surface area (TPSA) is 44.1 Å². The first-order valence-corrected chi connectivity index (χ1v) is 5.10. The van der Waals surface area contributed by atoms with E-state index in [1.165, 1.54) is 18.2 Å². The van der Waals surface area contributed by atoms with Gasteiger partial charge < -0.3 is 9.30 Å². The van der Waals surface area contributed by atoms with Crippen molar-refractivity contribution in [3.05, 3.63) is 29.6 Å². The van der Waals surface area contributed by atoms with Crippen molar-refractivity contribution < 1.29 is 9.53 Å². The molecule has 4 nitrogen and oxygen atoms in total. The first kappa shape index (κ1) is 10.7. The Balaban J connectivity index is 2.48. The van der Waals surface area contributed by atoms with Crippen molar-refractivity contribution in [1.29, 1.82) is 0 Å². The van der Waals surface area contributed by atoms with Gasteiger partial charge in [0.2, 0.25) is 0 Å². The van der Waals surface area contributed by atoms with Crippen LogP contribution < -0.4 is 0 Å². The van der Waals surface area contributed by atoms with Gasteiger partial charge in [-0.3, -0.25) is 4.79 Å². The van der Waals surface area contributed by atoms with E-state index in [4.69, 9.17) is 0 Å². The van der Waals surface area contributed by atoms with Crippen LogP contribution in [-0.2, 0) is 16.1 Å². The smallest absolute Gasteiger partial charge is 0.325 e. The highest BCUT2D eigenvalue weighted by Crippen LogP contribution is 2.18. The van der Waals surface area contributed by atoms with Crippen molar-refractivity contribution in [2.24, 2.45) is 0 Å². The summed E-state index contributed by atoms with van der Waals surface area (Å²) in [5, 5.41) is 0. The van der Waals surface area contributed by atoms with E-state index in [9.17, 15) is 4.79 Å². The van der Waals surface area contributed by atoms with Crippen LogP contribution in [0.2, 0.25) is 0 Å². The standard InChI is InChI=1S/C12H14N2O2/c1-8-4-10-11(5-9(8)2)14(7-13-10)6-12(15)16-3/h4-5,7H,6H2,1-3H3. The summed E-state index contributed by atoms with van der Waals surface area (Å²) >= 11 is 0. The van der Waals surface area contributed by atoms with Crippen molar-refractivity contribution in [3.8, 4) is 0 Å². The number of ether oxygens (including phenoxy) is 1. The predicted octanol–water partition coefficient (Wildman–Crippen LogP) is 1.83. The van der Waals surface area contributed by atoms with Crippen molar-refractivity contribution in [1.82, 2.24) is 9.55 Å². The fourth-order valence-corrected chi connectivity index (χ4v) is 1.64. The molecule has 0 spiro atoms. The number of rotatable bonds is 2. The molecule has 16 heavy (non-hydrogen) atoms. The normalized spacial score (nSPS) is 10.7. The third kappa shape index (κ3) is 1.78. The van der Waals surface area contributed by atoms with E-state index in [1.807, 2.05) is 26.0 Å². The number of nitrogens with zero attached hydrogens (tertiary/aromatic N) is 2. The third-order valence-electron chi connectivity index (χ3n) is 2.76. The molecule has 1 aromatic heterocycles. The minimum absolute atomic E-state index is 0.204. The molecule has 0 saturated heterocycles. The van der Waals surface area contributed by atoms with Crippen LogP contribution in [0.3, 0.4) is 0 Å². The van der Waals surface area contributed by atoms with Crippen LogP contribution in [0, 0.1) is 13.8 Å². The molecular weight excluding hydrogens is 204 g/mol. The molecule has 0 bridgehead atoms. The summed E-state index contributed by atoms with van der Waals surface area (Å²) in [6, 6.07) is 4.07. The highest BCUT2D eigenvalue weighted by Gasteiger charge is 2.08. The predicted molar refractivity (Wildman–Crippen MR) is 61.2 cm³/mol. The zero-order valence-corrected chi connectivity index (χ0v) is 9.65. The molecule has 0 amide bonds. The molecule has 84 valence electrons. The average Bonchev–Trinajstić information content (AvgIpc) is 2.62. The highest BCUT2D eigenvalue weighted by molar-refractivity contribution is 5.79. The number of aryl methyl sites for hydroxylation is 2. The van der Waals surface area contributed by atoms with Gasteiger partial charge in [-0.2, -0.15) is 0 Å². The molecule has 0 atom stereocenters. The second-order valence-electron chi connectivity index (χ2n) is 3.87. The summed E-state index contributed by atoms with van der Waals surface area (Å²) in [5.41, 5.74) is 4.27. The lowest BCUT2D eigenvalue weighted by Crippen LogP contribution is -2.10. The lowest BCUT2D eigenvalue weighted by Gasteiger charge is -2.04. The van der Waals surface area contributed by atoms with Gasteiger partial charge in [0, 0.05) is 0 Å². The second-order valence-corrected chi connectivity index (χ2v) is 3.87. The summed E-state index contributed by atoms with van der Waals surface area (Å²) in [5.74, 6) is -0.266. The number of hydrogen-bond acceptors (Lipinski definition) is 3. The lowest BCUT2D eigenvalue weighted by molar-refractivity contribution is -0.141. The molecule has 0 aliphatic rings. The first-order valence-electron chi connectivity index (χ1n) is 5.10. The van der Waals surface area contributed by atoms with E-state index in [0.717, 1.165) is 11.0 Å². The molecule has 2 rings (SSSR count). The number of imidazole rings is 1. The maximum absolute atomic E-state index is 11.2. The number of benzene rings is 1. The molecular formula is C12H14N2O2. The summed E-state index contributed by atoms with van der Waals surface area (Å²) in [4.78, 5) is 15.5. The van der Waals surface area contributed by atoms with Gasteiger partial charge in [-0.1, -0.05) is 0 Å². The Morgan fingerprint density at radius 3 is 2.75 bits per heavy atom. The van der Waals surface area contributed by atoms with Gasteiger partial charge in [-0.25, -0.2) is 4.98 Å². The molecule has 1 heterocycles. The highest BCUT2D eigenvalue weighted by atomic mass is 16.5. The number of aromatic nitrogens is 2. The van der Waals surface area contributed by atoms with Crippen LogP contribution in [0.5, 0.6) is 0 Å². The van der Waals surface area contributed by atoms with E-state index in [1.54, 1.807) is 10.9 Å². The Kier molecular flexibility index (Phi) is 2.64. The zero-order valence-electron chi connectivity index (χ0n) is 9.65. The molecule has 0 fully saturated rings. The van der Waals surface area contributed by atoms with Crippen LogP contribution >= 0.6 is 0 Å². The molecule has 0 aliphatic carbocycles. The molecule has 0 N–H and O–H groups in total. The molecule has 0 unspecified atom stereocenters. The zero-order chi connectivity index (χ0) is 11.7. The number of hydrogen-bond donors (Lipinski definition) is 0. The quantitative estimate of drug-likeness (QED) is 0.722. The molecule has 4 heteroatoms. The minimum atomic E-state index is -0.266. The van der Waals surface area contributed by atoms with E-state index >= 15 is 0 Å². The Morgan fingerprint density at radius 1 is 1.38 bits per heavy atom. The minimum Gasteiger partial charge on any atom is -0.468 e. The lowest BCUT2D eigenvalue weighted by atomic mass is 10.1. The van der Waals surface area contributed by atoms with E-state index in [0.29, 0.717) is 0 Å². The molecule has 0 saturated carbocycles. The fraction of sp³-hybridized carbons (Fsp3) is 0.333. The maximum atomic E-state index is 11.2. The van der Waals surface area contributed by atoms with Gasteiger partial charge in [-0.15, -0.1) is 0 Å². The number of methoxy groups -OCH3 is 1. The third-order valence-corrected chi connectivity index (χ3v) is 2.76. The monoisotopic (exact) mass is 218 g/mol. The largest absolute Gasteiger partial charge is 0.468 e. The van der Waals surface area contributed by atoms with Crippen molar-refractivity contribution in [2.75, 3.05) is 7.11 Å². The number of esters is 1. The summed E-state index contributed by atoms with van der Waals surface area (Å²) in [7, 11) is 1.39. The Labute approximate surface area is 93.9 Å². The van der Waals surface area contributed by atoms with Gasteiger partial charge in [-0.05, 0) is 37.1 Å². The van der Waals surface area contributed by atoms with Crippen LogP contribution in [0.15, 0.2) is 18.5 Å². The van der Waals surface area contributed by atoms with Gasteiger partial charge in [0.15, 0.2) is 0 Å². The molecule has 0 aliphatic heterocycles. The van der Waals surface area contributed by atoms with Crippen molar-refractivity contribution >= 4 is 17.0 Å². The van der Waals surface area contributed by atoms with E-state index < -0.39 is 0 Å². The number of carbonyl (C=O) groups is 1. The van der Waals surface area contributed by atoms with Crippen LogP contribution in [-0.4, -0.2) is 22.6 Å². The van der Waals surface area contributed by atoms with Crippen LogP contribution in [0.25, 0.3) is 11.0 Å². The SMILES string of the molecule is COC(=O)Cn1cnc2cc(C)c(C)cc21. The van der Waals surface area contributed by atoms with Crippen LogP contribution in [0.1, 0.15) is 11.1 Å². The molecule has 0 radical (unpaired) electrons. The second kappa shape index (κ2) is 3.96. The maximum Gasteiger partial charge on any atom is 0.325 e. The van der Waals surface area contributed by atoms with E-state index in [-0.39, 0.29) is 12.5 Å². The van der Waals surface area contributed by atoms with Gasteiger partial charge >= 0.3 is 5.97 Å². The number of carbonyl (C=O) groups excluding carboxylic acids is 1. The first-order chi connectivity index (χ1) is 7.61. The van der Waals surface area contributed by atoms with Crippen molar-refractivity contribution in [2.45, 2.75) is 20.4 Å². The average molecular weight is 218 g/mol. The van der Waals surface area contributed by atoms with E-state index in [2.05, 4.69) is 9.72 Å². The van der Waals surface area contributed by atoms with Gasteiger partial charge in [0.1, 0.15) is 6.54 Å². The van der Waals surface area contributed by atoms with Gasteiger partial charge in [0.05, 0.1) is 24.5 Å². The summed E-state index contributed by atoms with van der Waals surface area (Å²) in [6.07, 6.45) is 1.67. The molecule has 1 aromatic carbocycles. The Hall–Kier alpha value is -1.84. The Morgan fingerprint density at radius 2 is 2.06 bits per heavy atom. The van der Waals surface area contributed by atoms with Gasteiger partial charge in [0.25, 0.3) is 0 Å².